The van der Waals surface area contributed by atoms with Crippen LogP contribution in [0.1, 0.15) is 0 Å². The van der Waals surface area contributed by atoms with Crippen LogP contribution in [0.15, 0.2) is 53.4 Å². The summed E-state index contributed by atoms with van der Waals surface area (Å²) in [5.74, 6) is 1.09. The third-order valence-corrected chi connectivity index (χ3v) is 5.81. The Morgan fingerprint density at radius 3 is 2.00 bits per heavy atom. The highest BCUT2D eigenvalue weighted by Gasteiger charge is 2.16. The first-order valence-electron chi connectivity index (χ1n) is 7.88. The minimum atomic E-state index is -3.82. The fraction of sp³-hybridized carbons (Fsp3) is 0.111. The van der Waals surface area contributed by atoms with Gasteiger partial charge in [0.2, 0.25) is 11.8 Å². The van der Waals surface area contributed by atoms with E-state index in [4.69, 9.17) is 32.7 Å². The van der Waals surface area contributed by atoms with E-state index in [-0.39, 0.29) is 14.9 Å². The van der Waals surface area contributed by atoms with Crippen molar-refractivity contribution in [2.75, 3.05) is 18.9 Å². The lowest BCUT2D eigenvalue weighted by atomic mass is 10.2. The zero-order chi connectivity index (χ0) is 20.3. The molecule has 146 valence electrons. The van der Waals surface area contributed by atoms with Gasteiger partial charge in [-0.15, -0.1) is 0 Å². The van der Waals surface area contributed by atoms with Crippen LogP contribution in [0.2, 0.25) is 10.0 Å². The van der Waals surface area contributed by atoms with E-state index in [9.17, 15) is 8.42 Å². The van der Waals surface area contributed by atoms with Gasteiger partial charge in [0.05, 0.1) is 35.2 Å². The van der Waals surface area contributed by atoms with E-state index < -0.39 is 10.0 Å². The fourth-order valence-electron chi connectivity index (χ4n) is 2.29. The number of aromatic nitrogens is 2. The summed E-state index contributed by atoms with van der Waals surface area (Å²) in [4.78, 5) is 8.53. The Kier molecular flexibility index (Phi) is 5.93. The van der Waals surface area contributed by atoms with E-state index in [1.165, 1.54) is 32.4 Å². The summed E-state index contributed by atoms with van der Waals surface area (Å²) < 4.78 is 37.8. The van der Waals surface area contributed by atoms with Crippen molar-refractivity contribution in [2.45, 2.75) is 4.90 Å². The maximum atomic E-state index is 12.5. The van der Waals surface area contributed by atoms with Crippen molar-refractivity contribution in [3.05, 3.63) is 58.6 Å². The van der Waals surface area contributed by atoms with Crippen LogP contribution in [0.3, 0.4) is 0 Å². The molecule has 0 fully saturated rings. The predicted molar refractivity (Wildman–Crippen MR) is 108 cm³/mol. The van der Waals surface area contributed by atoms with Crippen molar-refractivity contribution in [2.24, 2.45) is 0 Å². The van der Waals surface area contributed by atoms with Crippen molar-refractivity contribution in [3.8, 4) is 23.1 Å². The summed E-state index contributed by atoms with van der Waals surface area (Å²) in [5.41, 5.74) is 1.03. The average Bonchev–Trinajstić information content (AvgIpc) is 2.69. The van der Waals surface area contributed by atoms with E-state index in [1.807, 2.05) is 0 Å². The second-order valence-electron chi connectivity index (χ2n) is 5.54. The number of rotatable bonds is 6. The average molecular weight is 440 g/mol. The van der Waals surface area contributed by atoms with Crippen molar-refractivity contribution in [3.63, 3.8) is 0 Å². The molecule has 0 unspecified atom stereocenters. The monoisotopic (exact) mass is 439 g/mol. The normalized spacial score (nSPS) is 11.1. The third kappa shape index (κ3) is 4.46. The largest absolute Gasteiger partial charge is 0.481 e. The van der Waals surface area contributed by atoms with Gasteiger partial charge >= 0.3 is 0 Å². The number of nitrogens with zero attached hydrogens (tertiary/aromatic N) is 2. The topological polar surface area (TPSA) is 90.4 Å². The second-order valence-corrected chi connectivity index (χ2v) is 8.03. The van der Waals surface area contributed by atoms with E-state index in [2.05, 4.69) is 14.7 Å². The number of ether oxygens (including phenoxy) is 2. The molecule has 2 aromatic carbocycles. The first-order valence-corrected chi connectivity index (χ1v) is 10.1. The highest BCUT2D eigenvalue weighted by Crippen LogP contribution is 2.27. The Morgan fingerprint density at radius 2 is 1.46 bits per heavy atom. The molecule has 0 aliphatic carbocycles. The number of benzene rings is 2. The maximum absolute atomic E-state index is 12.5. The molecular formula is C18H15Cl2N3O4S. The quantitative estimate of drug-likeness (QED) is 0.616. The maximum Gasteiger partial charge on any atom is 0.261 e. The first-order chi connectivity index (χ1) is 13.3. The number of methoxy groups -OCH3 is 2. The molecule has 10 heteroatoms. The van der Waals surface area contributed by atoms with Gasteiger partial charge < -0.3 is 9.47 Å². The number of hydrogen-bond donors (Lipinski definition) is 1. The predicted octanol–water partition coefficient (Wildman–Crippen LogP) is 4.27. The summed E-state index contributed by atoms with van der Waals surface area (Å²) in [6, 6.07) is 12.2. The molecule has 28 heavy (non-hydrogen) atoms. The lowest BCUT2D eigenvalue weighted by Crippen LogP contribution is -2.12. The van der Waals surface area contributed by atoms with E-state index >= 15 is 0 Å². The molecule has 0 radical (unpaired) electrons. The molecule has 1 aromatic heterocycles. The molecular weight excluding hydrogens is 425 g/mol. The van der Waals surface area contributed by atoms with E-state index in [0.29, 0.717) is 28.8 Å². The molecule has 0 saturated heterocycles. The van der Waals surface area contributed by atoms with Crippen LogP contribution >= 0.6 is 23.2 Å². The molecule has 0 aliphatic rings. The minimum absolute atomic E-state index is 0.00634. The number of hydrogen-bond acceptors (Lipinski definition) is 6. The summed E-state index contributed by atoms with van der Waals surface area (Å²) in [7, 11) is -0.831. The number of nitrogens with one attached hydrogen (secondary N) is 1. The molecule has 0 bridgehead atoms. The second kappa shape index (κ2) is 8.22. The van der Waals surface area contributed by atoms with Crippen LogP contribution in [0.4, 0.5) is 5.69 Å². The van der Waals surface area contributed by atoms with Gasteiger partial charge in [0.25, 0.3) is 10.0 Å². The molecule has 0 amide bonds. The van der Waals surface area contributed by atoms with Crippen molar-refractivity contribution in [1.29, 1.82) is 0 Å². The van der Waals surface area contributed by atoms with Crippen LogP contribution in [0.25, 0.3) is 11.4 Å². The highest BCUT2D eigenvalue weighted by molar-refractivity contribution is 7.92. The number of sulfonamides is 1. The smallest absolute Gasteiger partial charge is 0.261 e. The number of anilines is 1. The van der Waals surface area contributed by atoms with Crippen LogP contribution < -0.4 is 14.2 Å². The van der Waals surface area contributed by atoms with Gasteiger partial charge in [-0.05, 0) is 42.5 Å². The molecule has 0 saturated carbocycles. The van der Waals surface area contributed by atoms with E-state index in [0.717, 1.165) is 0 Å². The summed E-state index contributed by atoms with van der Waals surface area (Å²) in [6.07, 6.45) is 0. The molecule has 0 spiro atoms. The van der Waals surface area contributed by atoms with Crippen molar-refractivity contribution >= 4 is 38.9 Å². The molecule has 1 N–H and O–H groups in total. The third-order valence-electron chi connectivity index (χ3n) is 3.69. The fourth-order valence-corrected chi connectivity index (χ4v) is 3.73. The van der Waals surface area contributed by atoms with Crippen LogP contribution in [-0.4, -0.2) is 32.6 Å². The first kappa shape index (κ1) is 20.2. The van der Waals surface area contributed by atoms with Gasteiger partial charge in [-0.3, -0.25) is 4.72 Å². The zero-order valence-corrected chi connectivity index (χ0v) is 17.1. The van der Waals surface area contributed by atoms with Crippen LogP contribution in [0, 0.1) is 0 Å². The molecule has 1 heterocycles. The van der Waals surface area contributed by atoms with E-state index in [1.54, 1.807) is 30.3 Å². The van der Waals surface area contributed by atoms with Crippen molar-refractivity contribution < 1.29 is 17.9 Å². The van der Waals surface area contributed by atoms with Gasteiger partial charge in [0, 0.05) is 11.3 Å². The van der Waals surface area contributed by atoms with Gasteiger partial charge in [-0.25, -0.2) is 8.42 Å². The lowest BCUT2D eigenvalue weighted by molar-refractivity contribution is 0.372. The Hall–Kier alpha value is -2.55. The summed E-state index contributed by atoms with van der Waals surface area (Å²) >= 11 is 11.7. The Morgan fingerprint density at radius 1 is 0.857 bits per heavy atom. The standard InChI is InChI=1S/C18H15Cl2N3O4S/c1-26-16-10-17(27-2)22-18(21-16)11-3-5-12(6-4-11)23-28(24,25)13-7-8-14(19)15(20)9-13/h3-10,23H,1-2H3. The molecule has 3 rings (SSSR count). The Bertz CT molecular complexity index is 1080. The minimum Gasteiger partial charge on any atom is -0.481 e. The highest BCUT2D eigenvalue weighted by atomic mass is 35.5. The van der Waals surface area contributed by atoms with Gasteiger partial charge in [0.15, 0.2) is 5.82 Å². The SMILES string of the molecule is COc1cc(OC)nc(-c2ccc(NS(=O)(=O)c3ccc(Cl)c(Cl)c3)cc2)n1. The Balaban J connectivity index is 1.86. The Labute approximate surface area is 172 Å². The van der Waals surface area contributed by atoms with Crippen molar-refractivity contribution in [1.82, 2.24) is 9.97 Å². The zero-order valence-electron chi connectivity index (χ0n) is 14.8. The van der Waals surface area contributed by atoms with Gasteiger partial charge in [-0.2, -0.15) is 9.97 Å². The molecule has 0 aliphatic heterocycles. The van der Waals surface area contributed by atoms with Gasteiger partial charge in [0.1, 0.15) is 0 Å². The van der Waals surface area contributed by atoms with Gasteiger partial charge in [-0.1, -0.05) is 23.2 Å². The molecule has 0 atom stereocenters. The lowest BCUT2D eigenvalue weighted by Gasteiger charge is -2.10. The summed E-state index contributed by atoms with van der Waals surface area (Å²) in [5, 5.41) is 0.433. The molecule has 3 aromatic rings. The van der Waals surface area contributed by atoms with Crippen LogP contribution in [-0.2, 0) is 10.0 Å². The van der Waals surface area contributed by atoms with Crippen LogP contribution in [0.5, 0.6) is 11.8 Å². The molecule has 7 nitrogen and oxygen atoms in total. The summed E-state index contributed by atoms with van der Waals surface area (Å²) in [6.45, 7) is 0. The number of halogens is 2.